The van der Waals surface area contributed by atoms with Crippen molar-refractivity contribution in [3.8, 4) is 0 Å². The maximum atomic E-state index is 11.7. The molecule has 0 saturated carbocycles. The Morgan fingerprint density at radius 1 is 1.20 bits per heavy atom. The molecule has 0 aliphatic carbocycles. The molecule has 0 aliphatic heterocycles. The van der Waals surface area contributed by atoms with E-state index in [4.69, 9.17) is 23.2 Å². The van der Waals surface area contributed by atoms with Crippen LogP contribution in [0.2, 0.25) is 10.0 Å². The topological polar surface area (TPSA) is 54.0 Å². The van der Waals surface area contributed by atoms with Gasteiger partial charge in [-0.3, -0.25) is 9.78 Å². The molecule has 0 fully saturated rings. The number of aromatic nitrogens is 1. The van der Waals surface area contributed by atoms with Crippen molar-refractivity contribution in [1.82, 2.24) is 10.3 Å². The van der Waals surface area contributed by atoms with Crippen LogP contribution in [0, 0.1) is 0 Å². The van der Waals surface area contributed by atoms with Crippen molar-refractivity contribution in [2.45, 2.75) is 6.54 Å². The maximum Gasteiger partial charge on any atom is 0.239 e. The second kappa shape index (κ2) is 7.12. The Kier molecular flexibility index (Phi) is 5.21. The van der Waals surface area contributed by atoms with Crippen molar-refractivity contribution in [3.05, 3.63) is 58.3 Å². The fourth-order valence-electron chi connectivity index (χ4n) is 1.56. The molecule has 4 nitrogen and oxygen atoms in total. The molecule has 2 N–H and O–H groups in total. The minimum absolute atomic E-state index is 0.118. The molecular formula is C14H13Cl2N3O. The zero-order valence-electron chi connectivity index (χ0n) is 10.6. The molecule has 104 valence electrons. The number of nitrogens with zero attached hydrogens (tertiary/aromatic N) is 1. The molecule has 1 aromatic carbocycles. The number of hydrogen-bond acceptors (Lipinski definition) is 3. The zero-order chi connectivity index (χ0) is 14.4. The van der Waals surface area contributed by atoms with E-state index in [1.54, 1.807) is 24.4 Å². The summed E-state index contributed by atoms with van der Waals surface area (Å²) in [6.07, 6.45) is 1.69. The highest BCUT2D eigenvalue weighted by molar-refractivity contribution is 6.35. The molecule has 20 heavy (non-hydrogen) atoms. The number of carbonyl (C=O) groups excluding carboxylic acids is 1. The summed E-state index contributed by atoms with van der Waals surface area (Å²) in [5.74, 6) is -0.147. The van der Waals surface area contributed by atoms with E-state index >= 15 is 0 Å². The van der Waals surface area contributed by atoms with E-state index in [-0.39, 0.29) is 12.5 Å². The molecule has 1 amide bonds. The summed E-state index contributed by atoms with van der Waals surface area (Å²) in [5, 5.41) is 6.79. The number of rotatable bonds is 5. The summed E-state index contributed by atoms with van der Waals surface area (Å²) < 4.78 is 0. The molecule has 2 rings (SSSR count). The zero-order valence-corrected chi connectivity index (χ0v) is 12.1. The van der Waals surface area contributed by atoms with Crippen LogP contribution in [0.4, 0.5) is 5.69 Å². The molecule has 6 heteroatoms. The Bertz CT molecular complexity index is 590. The number of amides is 1. The molecule has 1 heterocycles. The van der Waals surface area contributed by atoms with E-state index in [1.807, 2.05) is 18.2 Å². The van der Waals surface area contributed by atoms with Crippen molar-refractivity contribution in [1.29, 1.82) is 0 Å². The minimum Gasteiger partial charge on any atom is -0.375 e. The van der Waals surface area contributed by atoms with Gasteiger partial charge in [0.05, 0.1) is 29.5 Å². The smallest absolute Gasteiger partial charge is 0.239 e. The van der Waals surface area contributed by atoms with Gasteiger partial charge in [-0.15, -0.1) is 0 Å². The van der Waals surface area contributed by atoms with E-state index in [9.17, 15) is 4.79 Å². The van der Waals surface area contributed by atoms with E-state index < -0.39 is 0 Å². The van der Waals surface area contributed by atoms with E-state index in [2.05, 4.69) is 15.6 Å². The summed E-state index contributed by atoms with van der Waals surface area (Å²) in [6, 6.07) is 10.6. The van der Waals surface area contributed by atoms with E-state index in [0.29, 0.717) is 22.3 Å². The highest BCUT2D eigenvalue weighted by Gasteiger charge is 2.05. The number of nitrogens with one attached hydrogen (secondary N) is 2. The summed E-state index contributed by atoms with van der Waals surface area (Å²) in [7, 11) is 0. The SMILES string of the molecule is O=C(CNc1cc(Cl)ccc1Cl)NCc1ccccn1. The Balaban J connectivity index is 1.82. The summed E-state index contributed by atoms with van der Waals surface area (Å²) in [4.78, 5) is 15.8. The fraction of sp³-hybridized carbons (Fsp3) is 0.143. The predicted octanol–water partition coefficient (Wildman–Crippen LogP) is 3.12. The van der Waals surface area contributed by atoms with Gasteiger partial charge in [0.1, 0.15) is 0 Å². The molecule has 0 saturated heterocycles. The molecule has 0 spiro atoms. The monoisotopic (exact) mass is 309 g/mol. The number of benzene rings is 1. The second-order valence-electron chi connectivity index (χ2n) is 4.08. The quantitative estimate of drug-likeness (QED) is 0.892. The Hall–Kier alpha value is -1.78. The third kappa shape index (κ3) is 4.40. The normalized spacial score (nSPS) is 10.1. The van der Waals surface area contributed by atoms with Crippen molar-refractivity contribution in [3.63, 3.8) is 0 Å². The lowest BCUT2D eigenvalue weighted by Gasteiger charge is -2.09. The third-order valence-electron chi connectivity index (χ3n) is 2.56. The average Bonchev–Trinajstić information content (AvgIpc) is 2.47. The van der Waals surface area contributed by atoms with Crippen LogP contribution < -0.4 is 10.6 Å². The van der Waals surface area contributed by atoms with E-state index in [1.165, 1.54) is 0 Å². The average molecular weight is 310 g/mol. The van der Waals surface area contributed by atoms with Crippen molar-refractivity contribution >= 4 is 34.8 Å². The van der Waals surface area contributed by atoms with Crippen LogP contribution in [-0.2, 0) is 11.3 Å². The molecule has 0 bridgehead atoms. The van der Waals surface area contributed by atoms with Crippen LogP contribution in [0.1, 0.15) is 5.69 Å². The predicted molar refractivity (Wildman–Crippen MR) is 81.0 cm³/mol. The van der Waals surface area contributed by atoms with Crippen molar-refractivity contribution in [2.24, 2.45) is 0 Å². The molecule has 0 atom stereocenters. The van der Waals surface area contributed by atoms with Crippen molar-refractivity contribution < 1.29 is 4.79 Å². The standard InChI is InChI=1S/C14H13Cl2N3O/c15-10-4-5-12(16)13(7-10)18-9-14(20)19-8-11-3-1-2-6-17-11/h1-7,18H,8-9H2,(H,19,20). The van der Waals surface area contributed by atoms with Gasteiger partial charge >= 0.3 is 0 Å². The van der Waals surface area contributed by atoms with Gasteiger partial charge < -0.3 is 10.6 Å². The van der Waals surface area contributed by atoms with Crippen LogP contribution >= 0.6 is 23.2 Å². The Morgan fingerprint density at radius 2 is 2.05 bits per heavy atom. The fourth-order valence-corrected chi connectivity index (χ4v) is 1.92. The summed E-state index contributed by atoms with van der Waals surface area (Å²) in [5.41, 5.74) is 1.44. The lowest BCUT2D eigenvalue weighted by molar-refractivity contribution is -0.119. The van der Waals surface area contributed by atoms with Gasteiger partial charge in [0.25, 0.3) is 0 Å². The van der Waals surface area contributed by atoms with Gasteiger partial charge in [0.2, 0.25) is 5.91 Å². The first-order valence-electron chi connectivity index (χ1n) is 6.00. The second-order valence-corrected chi connectivity index (χ2v) is 4.92. The number of carbonyl (C=O) groups is 1. The van der Waals surface area contributed by atoms with Crippen molar-refractivity contribution in [2.75, 3.05) is 11.9 Å². The van der Waals surface area contributed by atoms with Crippen LogP contribution in [0.15, 0.2) is 42.6 Å². The van der Waals surface area contributed by atoms with Gasteiger partial charge in [-0.05, 0) is 30.3 Å². The largest absolute Gasteiger partial charge is 0.375 e. The van der Waals surface area contributed by atoms with Crippen LogP contribution in [0.25, 0.3) is 0 Å². The third-order valence-corrected chi connectivity index (χ3v) is 3.13. The van der Waals surface area contributed by atoms with Gasteiger partial charge in [0.15, 0.2) is 0 Å². The molecule has 0 radical (unpaired) electrons. The van der Waals surface area contributed by atoms with Crippen LogP contribution in [0.5, 0.6) is 0 Å². The Labute approximate surface area is 127 Å². The number of hydrogen-bond donors (Lipinski definition) is 2. The molecule has 0 unspecified atom stereocenters. The van der Waals surface area contributed by atoms with Gasteiger partial charge in [-0.25, -0.2) is 0 Å². The first-order chi connectivity index (χ1) is 9.65. The maximum absolute atomic E-state index is 11.7. The first kappa shape index (κ1) is 14.6. The highest BCUT2D eigenvalue weighted by atomic mass is 35.5. The van der Waals surface area contributed by atoms with Crippen LogP contribution in [-0.4, -0.2) is 17.4 Å². The van der Waals surface area contributed by atoms with Gasteiger partial charge in [-0.1, -0.05) is 29.3 Å². The van der Waals surface area contributed by atoms with E-state index in [0.717, 1.165) is 5.69 Å². The number of anilines is 1. The molecule has 1 aromatic heterocycles. The van der Waals surface area contributed by atoms with Gasteiger partial charge in [-0.2, -0.15) is 0 Å². The lowest BCUT2D eigenvalue weighted by atomic mass is 10.3. The first-order valence-corrected chi connectivity index (χ1v) is 6.76. The van der Waals surface area contributed by atoms with Crippen LogP contribution in [0.3, 0.4) is 0 Å². The number of halogens is 2. The Morgan fingerprint density at radius 3 is 2.80 bits per heavy atom. The molecule has 2 aromatic rings. The summed E-state index contributed by atoms with van der Waals surface area (Å²) in [6.45, 7) is 0.511. The molecular weight excluding hydrogens is 297 g/mol. The summed E-state index contributed by atoms with van der Waals surface area (Å²) >= 11 is 11.9. The highest BCUT2D eigenvalue weighted by Crippen LogP contribution is 2.24. The van der Waals surface area contributed by atoms with Gasteiger partial charge in [0, 0.05) is 11.2 Å². The molecule has 0 aliphatic rings. The minimum atomic E-state index is -0.147. The number of pyridine rings is 1. The lowest BCUT2D eigenvalue weighted by Crippen LogP contribution is -2.29.